The molecule has 1 amide bonds. The number of benzene rings is 1. The number of nitrogens with zero attached hydrogens (tertiary/aromatic N) is 4. The zero-order valence-electron chi connectivity index (χ0n) is 15.0. The second-order valence-electron chi connectivity index (χ2n) is 6.00. The second-order valence-corrected chi connectivity index (χ2v) is 6.00. The monoisotopic (exact) mass is 341 g/mol. The largest absolute Gasteiger partial charge is 0.497 e. The Morgan fingerprint density at radius 3 is 2.88 bits per heavy atom. The molecule has 1 atom stereocenters. The number of hydrogen-bond acceptors (Lipinski definition) is 4. The number of ether oxygens (including phenoxy) is 1. The van der Waals surface area contributed by atoms with Crippen LogP contribution in [0.25, 0.3) is 11.0 Å². The van der Waals surface area contributed by atoms with Crippen LogP contribution >= 0.6 is 0 Å². The first-order chi connectivity index (χ1) is 12.0. The Balaban J connectivity index is 1.73. The molecule has 3 aromatic rings. The summed E-state index contributed by atoms with van der Waals surface area (Å²) >= 11 is 0. The Morgan fingerprint density at radius 1 is 1.36 bits per heavy atom. The molecule has 7 nitrogen and oxygen atoms in total. The molecule has 25 heavy (non-hydrogen) atoms. The van der Waals surface area contributed by atoms with E-state index < -0.39 is 0 Å². The van der Waals surface area contributed by atoms with Crippen molar-refractivity contribution in [1.29, 1.82) is 0 Å². The molecule has 2 heterocycles. The van der Waals surface area contributed by atoms with Gasteiger partial charge in [0.1, 0.15) is 23.3 Å². The molecule has 0 unspecified atom stereocenters. The summed E-state index contributed by atoms with van der Waals surface area (Å²) in [5, 5.41) is 11.8. The van der Waals surface area contributed by atoms with Crippen molar-refractivity contribution in [2.24, 2.45) is 0 Å². The van der Waals surface area contributed by atoms with Crippen LogP contribution < -0.4 is 10.1 Å². The van der Waals surface area contributed by atoms with Crippen LogP contribution in [0.1, 0.15) is 31.1 Å². The van der Waals surface area contributed by atoms with E-state index in [1.807, 2.05) is 49.7 Å². The Morgan fingerprint density at radius 2 is 2.16 bits per heavy atom. The van der Waals surface area contributed by atoms with Gasteiger partial charge in [0, 0.05) is 6.54 Å². The molecular weight excluding hydrogens is 318 g/mol. The van der Waals surface area contributed by atoms with Gasteiger partial charge < -0.3 is 10.1 Å². The maximum atomic E-state index is 12.4. The number of methoxy groups -OCH3 is 1. The number of aromatic nitrogens is 4. The minimum atomic E-state index is -0.117. The molecule has 0 saturated heterocycles. The minimum Gasteiger partial charge on any atom is -0.497 e. The average molecular weight is 341 g/mol. The smallest absolute Gasteiger partial charge is 0.242 e. The van der Waals surface area contributed by atoms with Gasteiger partial charge >= 0.3 is 0 Å². The van der Waals surface area contributed by atoms with Gasteiger partial charge in [-0.05, 0) is 38.5 Å². The number of aryl methyl sites for hydroxylation is 2. The number of fused-ring (bicyclic) bond motifs is 1. The fraction of sp³-hybridized carbons (Fsp3) is 0.389. The quantitative estimate of drug-likeness (QED) is 0.747. The average Bonchev–Trinajstić information content (AvgIpc) is 3.16. The fourth-order valence-corrected chi connectivity index (χ4v) is 3.00. The third kappa shape index (κ3) is 3.35. The van der Waals surface area contributed by atoms with Crippen LogP contribution in [0.5, 0.6) is 5.75 Å². The van der Waals surface area contributed by atoms with Gasteiger partial charge in [-0.3, -0.25) is 14.2 Å². The molecule has 132 valence electrons. The molecule has 0 radical (unpaired) electrons. The summed E-state index contributed by atoms with van der Waals surface area (Å²) in [7, 11) is 1.63. The molecule has 1 aromatic carbocycles. The van der Waals surface area contributed by atoms with E-state index in [-0.39, 0.29) is 18.5 Å². The SMILES string of the molecule is CCn1nc(C)c2c1cnn2CC(=O)N[C@H](C)c1cccc(OC)c1. The predicted octanol–water partition coefficient (Wildman–Crippen LogP) is 2.45. The van der Waals surface area contributed by atoms with Crippen molar-refractivity contribution in [3.8, 4) is 5.75 Å². The summed E-state index contributed by atoms with van der Waals surface area (Å²) in [4.78, 5) is 12.4. The van der Waals surface area contributed by atoms with Crippen molar-refractivity contribution in [2.75, 3.05) is 7.11 Å². The molecule has 3 rings (SSSR count). The second kappa shape index (κ2) is 6.96. The Hall–Kier alpha value is -2.83. The molecule has 0 aliphatic heterocycles. The molecule has 0 bridgehead atoms. The van der Waals surface area contributed by atoms with E-state index >= 15 is 0 Å². The van der Waals surface area contributed by atoms with E-state index in [1.54, 1.807) is 18.0 Å². The maximum Gasteiger partial charge on any atom is 0.242 e. The number of amides is 1. The lowest BCUT2D eigenvalue weighted by atomic mass is 10.1. The van der Waals surface area contributed by atoms with Crippen LogP contribution in [-0.4, -0.2) is 32.6 Å². The summed E-state index contributed by atoms with van der Waals surface area (Å²) < 4.78 is 8.83. The van der Waals surface area contributed by atoms with Crippen LogP contribution in [0.15, 0.2) is 30.5 Å². The Labute approximate surface area is 146 Å². The van der Waals surface area contributed by atoms with Crippen molar-refractivity contribution in [1.82, 2.24) is 24.9 Å². The maximum absolute atomic E-state index is 12.4. The number of nitrogens with one attached hydrogen (secondary N) is 1. The van der Waals surface area contributed by atoms with Crippen molar-refractivity contribution >= 4 is 16.9 Å². The van der Waals surface area contributed by atoms with Crippen LogP contribution in [0, 0.1) is 6.92 Å². The summed E-state index contributed by atoms with van der Waals surface area (Å²) in [5.41, 5.74) is 3.73. The van der Waals surface area contributed by atoms with Crippen LogP contribution in [0.2, 0.25) is 0 Å². The lowest BCUT2D eigenvalue weighted by Crippen LogP contribution is -2.30. The highest BCUT2D eigenvalue weighted by atomic mass is 16.5. The highest BCUT2D eigenvalue weighted by Crippen LogP contribution is 2.20. The van der Waals surface area contributed by atoms with Crippen molar-refractivity contribution in [3.05, 3.63) is 41.7 Å². The molecule has 0 fully saturated rings. The molecule has 1 N–H and O–H groups in total. The van der Waals surface area contributed by atoms with E-state index in [1.165, 1.54) is 0 Å². The van der Waals surface area contributed by atoms with E-state index in [0.717, 1.165) is 34.6 Å². The lowest BCUT2D eigenvalue weighted by molar-refractivity contribution is -0.122. The van der Waals surface area contributed by atoms with Crippen molar-refractivity contribution in [3.63, 3.8) is 0 Å². The number of carbonyl (C=O) groups excluding carboxylic acids is 1. The third-order valence-corrected chi connectivity index (χ3v) is 4.28. The van der Waals surface area contributed by atoms with E-state index in [4.69, 9.17) is 4.74 Å². The van der Waals surface area contributed by atoms with Crippen molar-refractivity contribution in [2.45, 2.75) is 39.9 Å². The van der Waals surface area contributed by atoms with E-state index in [9.17, 15) is 4.79 Å². The number of rotatable bonds is 6. The van der Waals surface area contributed by atoms with Crippen LogP contribution in [0.3, 0.4) is 0 Å². The first-order valence-electron chi connectivity index (χ1n) is 8.35. The molecule has 7 heteroatoms. The third-order valence-electron chi connectivity index (χ3n) is 4.28. The van der Waals surface area contributed by atoms with Gasteiger partial charge in [0.2, 0.25) is 5.91 Å². The van der Waals surface area contributed by atoms with Gasteiger partial charge in [0.15, 0.2) is 0 Å². The predicted molar refractivity (Wildman–Crippen MR) is 95.5 cm³/mol. The van der Waals surface area contributed by atoms with Gasteiger partial charge in [0.25, 0.3) is 0 Å². The number of hydrogen-bond donors (Lipinski definition) is 1. The van der Waals surface area contributed by atoms with Gasteiger partial charge in [-0.1, -0.05) is 12.1 Å². The summed E-state index contributed by atoms with van der Waals surface area (Å²) in [6, 6.07) is 7.57. The first-order valence-corrected chi connectivity index (χ1v) is 8.35. The molecule has 0 saturated carbocycles. The lowest BCUT2D eigenvalue weighted by Gasteiger charge is -2.15. The fourth-order valence-electron chi connectivity index (χ4n) is 3.00. The highest BCUT2D eigenvalue weighted by molar-refractivity contribution is 5.81. The number of carbonyl (C=O) groups is 1. The normalized spacial score (nSPS) is 12.3. The molecular formula is C18H23N5O2. The zero-order valence-corrected chi connectivity index (χ0v) is 15.0. The molecule has 2 aromatic heterocycles. The topological polar surface area (TPSA) is 74.0 Å². The minimum absolute atomic E-state index is 0.0935. The van der Waals surface area contributed by atoms with Gasteiger partial charge in [-0.15, -0.1) is 0 Å². The summed E-state index contributed by atoms with van der Waals surface area (Å²) in [5.74, 6) is 0.680. The first kappa shape index (κ1) is 17.0. The van der Waals surface area contributed by atoms with E-state index in [2.05, 4.69) is 15.5 Å². The van der Waals surface area contributed by atoms with E-state index in [0.29, 0.717) is 0 Å². The Kier molecular flexibility index (Phi) is 4.74. The van der Waals surface area contributed by atoms with Gasteiger partial charge in [0.05, 0.1) is 25.0 Å². The standard InChI is InChI=1S/C18H23N5O2/c1-5-22-16-10-19-23(18(16)13(3)21-22)11-17(24)20-12(2)14-7-6-8-15(9-14)25-4/h6-10,12H,5,11H2,1-4H3,(H,20,24)/t12-/m1/s1. The zero-order chi connectivity index (χ0) is 18.0. The van der Waals surface area contributed by atoms with Crippen LogP contribution in [0.4, 0.5) is 0 Å². The molecule has 0 spiro atoms. The summed E-state index contributed by atoms with van der Waals surface area (Å²) in [6.07, 6.45) is 1.76. The Bertz CT molecular complexity index is 896. The molecule has 0 aliphatic rings. The van der Waals surface area contributed by atoms with Gasteiger partial charge in [-0.25, -0.2) is 0 Å². The molecule has 0 aliphatic carbocycles. The van der Waals surface area contributed by atoms with Gasteiger partial charge in [-0.2, -0.15) is 10.2 Å². The summed E-state index contributed by atoms with van der Waals surface area (Å²) in [6.45, 7) is 6.85. The van der Waals surface area contributed by atoms with Crippen LogP contribution in [-0.2, 0) is 17.9 Å². The highest BCUT2D eigenvalue weighted by Gasteiger charge is 2.16. The van der Waals surface area contributed by atoms with Crippen molar-refractivity contribution < 1.29 is 9.53 Å².